The van der Waals surface area contributed by atoms with Crippen LogP contribution in [0.25, 0.3) is 0 Å². The van der Waals surface area contributed by atoms with Gasteiger partial charge < -0.3 is 15.3 Å². The Hall–Kier alpha value is -2.12. The summed E-state index contributed by atoms with van der Waals surface area (Å²) in [6.07, 6.45) is 0. The number of likely N-dealkylation sites (N-methyl/N-ethyl adjacent to an activating group) is 1. The first-order valence-corrected chi connectivity index (χ1v) is 6.39. The van der Waals surface area contributed by atoms with Crippen LogP contribution in [0.5, 0.6) is 0 Å². The number of anilines is 1. The van der Waals surface area contributed by atoms with Crippen LogP contribution < -0.4 is 10.7 Å². The van der Waals surface area contributed by atoms with E-state index in [1.807, 2.05) is 12.1 Å². The van der Waals surface area contributed by atoms with Gasteiger partial charge in [-0.25, -0.2) is 14.6 Å². The van der Waals surface area contributed by atoms with Gasteiger partial charge in [0.05, 0.1) is 5.56 Å². The lowest BCUT2D eigenvalue weighted by atomic mass is 10.2. The van der Waals surface area contributed by atoms with Crippen LogP contribution in [0.1, 0.15) is 10.4 Å². The molecule has 2 amide bonds. The molecule has 7 heteroatoms. The number of piperazine rings is 1. The largest absolute Gasteiger partial charge is 0.478 e. The van der Waals surface area contributed by atoms with Crippen molar-refractivity contribution in [2.24, 2.45) is 0 Å². The molecular weight excluding hydrogens is 260 g/mol. The Morgan fingerprint density at radius 1 is 1.10 bits per heavy atom. The third-order valence-electron chi connectivity index (χ3n) is 3.15. The lowest BCUT2D eigenvalue weighted by molar-refractivity contribution is 0.0697. The minimum atomic E-state index is -0.988. The highest BCUT2D eigenvalue weighted by atomic mass is 16.4. The molecule has 1 aromatic rings. The zero-order valence-electron chi connectivity index (χ0n) is 11.3. The molecule has 0 saturated carbocycles. The molecule has 1 saturated heterocycles. The van der Waals surface area contributed by atoms with Crippen molar-refractivity contribution >= 4 is 17.7 Å². The molecule has 3 N–H and O–H groups in total. The molecule has 0 aliphatic carbocycles. The van der Waals surface area contributed by atoms with Gasteiger partial charge in [0, 0.05) is 31.9 Å². The summed E-state index contributed by atoms with van der Waals surface area (Å²) in [5.41, 5.74) is 3.51. The Kier molecular flexibility index (Phi) is 4.54. The van der Waals surface area contributed by atoms with E-state index in [1.165, 1.54) is 12.1 Å². The number of aromatic carboxylic acids is 1. The molecule has 0 unspecified atom stereocenters. The number of carbonyl (C=O) groups excluding carboxylic acids is 1. The van der Waals surface area contributed by atoms with Crippen molar-refractivity contribution in [3.05, 3.63) is 29.8 Å². The number of hydrogen-bond donors (Lipinski definition) is 3. The van der Waals surface area contributed by atoms with Gasteiger partial charge in [-0.1, -0.05) is 0 Å². The number of hydrazine groups is 1. The van der Waals surface area contributed by atoms with E-state index in [2.05, 4.69) is 15.6 Å². The van der Waals surface area contributed by atoms with Crippen LogP contribution >= 0.6 is 0 Å². The molecule has 0 spiro atoms. The van der Waals surface area contributed by atoms with E-state index in [9.17, 15) is 9.59 Å². The van der Waals surface area contributed by atoms with Gasteiger partial charge in [0.1, 0.15) is 0 Å². The third-order valence-corrected chi connectivity index (χ3v) is 3.15. The number of benzene rings is 1. The van der Waals surface area contributed by atoms with Gasteiger partial charge in [-0.2, -0.15) is 0 Å². The van der Waals surface area contributed by atoms with E-state index in [1.54, 1.807) is 12.1 Å². The van der Waals surface area contributed by atoms with Crippen molar-refractivity contribution in [3.8, 4) is 0 Å². The number of carbonyl (C=O) groups is 2. The molecule has 108 valence electrons. The smallest absolute Gasteiger partial charge is 0.335 e. The molecule has 0 atom stereocenters. The maximum Gasteiger partial charge on any atom is 0.335 e. The predicted octanol–water partition coefficient (Wildman–Crippen LogP) is 0.669. The first-order chi connectivity index (χ1) is 9.54. The molecule has 1 aromatic carbocycles. The molecule has 1 heterocycles. The Balaban J connectivity index is 1.83. The van der Waals surface area contributed by atoms with Gasteiger partial charge >= 0.3 is 12.0 Å². The number of nitrogens with one attached hydrogen (secondary N) is 2. The van der Waals surface area contributed by atoms with Crippen molar-refractivity contribution in [3.63, 3.8) is 0 Å². The zero-order chi connectivity index (χ0) is 14.5. The second-order valence-corrected chi connectivity index (χ2v) is 4.74. The predicted molar refractivity (Wildman–Crippen MR) is 74.6 cm³/mol. The van der Waals surface area contributed by atoms with Crippen LogP contribution in [0.2, 0.25) is 0 Å². The topological polar surface area (TPSA) is 84.9 Å². The number of carboxylic acid groups (broad SMARTS) is 1. The number of nitrogens with zero attached hydrogens (tertiary/aromatic N) is 2. The molecule has 7 nitrogen and oxygen atoms in total. The molecule has 0 radical (unpaired) electrons. The fourth-order valence-corrected chi connectivity index (χ4v) is 1.92. The van der Waals surface area contributed by atoms with Gasteiger partial charge in [0.25, 0.3) is 0 Å². The van der Waals surface area contributed by atoms with E-state index in [0.717, 1.165) is 26.2 Å². The maximum atomic E-state index is 11.8. The highest BCUT2D eigenvalue weighted by Gasteiger charge is 2.15. The molecule has 1 aliphatic rings. The van der Waals surface area contributed by atoms with Crippen LogP contribution in [-0.2, 0) is 0 Å². The average molecular weight is 278 g/mol. The SMILES string of the molecule is CN1CCN(NC(=O)Nc2ccc(C(=O)O)cc2)CC1. The monoisotopic (exact) mass is 278 g/mol. The summed E-state index contributed by atoms with van der Waals surface area (Å²) in [6, 6.07) is 5.71. The summed E-state index contributed by atoms with van der Waals surface area (Å²) in [5, 5.41) is 13.3. The molecule has 20 heavy (non-hydrogen) atoms. The number of urea groups is 1. The highest BCUT2D eigenvalue weighted by molar-refractivity contribution is 5.91. The van der Waals surface area contributed by atoms with E-state index in [-0.39, 0.29) is 11.6 Å². The van der Waals surface area contributed by atoms with Crippen molar-refractivity contribution < 1.29 is 14.7 Å². The minimum absolute atomic E-state index is 0.190. The summed E-state index contributed by atoms with van der Waals surface area (Å²) in [5.74, 6) is -0.988. The number of hydrogen-bond acceptors (Lipinski definition) is 4. The van der Waals surface area contributed by atoms with Crippen LogP contribution in [-0.4, -0.2) is 60.2 Å². The van der Waals surface area contributed by atoms with Gasteiger partial charge in [-0.3, -0.25) is 5.43 Å². The average Bonchev–Trinajstić information content (AvgIpc) is 2.42. The fourth-order valence-electron chi connectivity index (χ4n) is 1.92. The summed E-state index contributed by atoms with van der Waals surface area (Å²) in [4.78, 5) is 24.7. The maximum absolute atomic E-state index is 11.8. The molecule has 1 aliphatic heterocycles. The van der Waals surface area contributed by atoms with E-state index < -0.39 is 5.97 Å². The van der Waals surface area contributed by atoms with E-state index in [0.29, 0.717) is 5.69 Å². The number of amides is 2. The van der Waals surface area contributed by atoms with Crippen molar-refractivity contribution in [1.29, 1.82) is 0 Å². The van der Waals surface area contributed by atoms with Crippen LogP contribution in [0, 0.1) is 0 Å². The summed E-state index contributed by atoms with van der Waals surface area (Å²) < 4.78 is 0. The number of carboxylic acids is 1. The van der Waals surface area contributed by atoms with Gasteiger partial charge in [0.2, 0.25) is 0 Å². The van der Waals surface area contributed by atoms with E-state index >= 15 is 0 Å². The minimum Gasteiger partial charge on any atom is -0.478 e. The fraction of sp³-hybridized carbons (Fsp3) is 0.385. The molecule has 0 aromatic heterocycles. The molecule has 1 fully saturated rings. The zero-order valence-corrected chi connectivity index (χ0v) is 11.3. The second kappa shape index (κ2) is 6.36. The summed E-state index contributed by atoms with van der Waals surface area (Å²) in [7, 11) is 2.04. The lowest BCUT2D eigenvalue weighted by Gasteiger charge is -2.32. The van der Waals surface area contributed by atoms with Crippen LogP contribution in [0.3, 0.4) is 0 Å². The molecule has 2 rings (SSSR count). The Bertz CT molecular complexity index is 481. The summed E-state index contributed by atoms with van der Waals surface area (Å²) >= 11 is 0. The van der Waals surface area contributed by atoms with Gasteiger partial charge in [-0.15, -0.1) is 0 Å². The normalized spacial score (nSPS) is 16.6. The van der Waals surface area contributed by atoms with Crippen molar-refractivity contribution in [2.75, 3.05) is 38.5 Å². The molecule has 0 bridgehead atoms. The van der Waals surface area contributed by atoms with Crippen LogP contribution in [0.4, 0.5) is 10.5 Å². The summed E-state index contributed by atoms with van der Waals surface area (Å²) in [6.45, 7) is 3.38. The lowest BCUT2D eigenvalue weighted by Crippen LogP contribution is -2.53. The van der Waals surface area contributed by atoms with Crippen molar-refractivity contribution in [2.45, 2.75) is 0 Å². The first kappa shape index (κ1) is 14.3. The van der Waals surface area contributed by atoms with E-state index in [4.69, 9.17) is 5.11 Å². The second-order valence-electron chi connectivity index (χ2n) is 4.74. The number of rotatable bonds is 3. The Labute approximate surface area is 117 Å². The third kappa shape index (κ3) is 3.94. The van der Waals surface area contributed by atoms with Crippen molar-refractivity contribution in [1.82, 2.24) is 15.3 Å². The Morgan fingerprint density at radius 2 is 1.70 bits per heavy atom. The molecular formula is C13H18N4O3. The van der Waals surface area contributed by atoms with Crippen LogP contribution in [0.15, 0.2) is 24.3 Å². The van der Waals surface area contributed by atoms with Gasteiger partial charge in [0.15, 0.2) is 0 Å². The quantitative estimate of drug-likeness (QED) is 0.756. The highest BCUT2D eigenvalue weighted by Crippen LogP contribution is 2.09. The first-order valence-electron chi connectivity index (χ1n) is 6.39. The Morgan fingerprint density at radius 3 is 2.25 bits per heavy atom. The standard InChI is InChI=1S/C13H18N4O3/c1-16-6-8-17(9-7-16)15-13(20)14-11-4-2-10(3-5-11)12(18)19/h2-5H,6-9H2,1H3,(H,18,19)(H2,14,15,20). The van der Waals surface area contributed by atoms with Gasteiger partial charge in [-0.05, 0) is 31.3 Å².